The molecule has 1 saturated heterocycles. The van der Waals surface area contributed by atoms with Crippen molar-refractivity contribution in [2.75, 3.05) is 31.1 Å². The average Bonchev–Trinajstić information content (AvgIpc) is 2.65. The highest BCUT2D eigenvalue weighted by molar-refractivity contribution is 5.76. The van der Waals surface area contributed by atoms with Crippen molar-refractivity contribution in [2.45, 2.75) is 52.4 Å². The molecule has 1 aliphatic heterocycles. The summed E-state index contributed by atoms with van der Waals surface area (Å²) in [5.41, 5.74) is 2.29. The van der Waals surface area contributed by atoms with E-state index in [0.717, 1.165) is 11.3 Å². The van der Waals surface area contributed by atoms with Gasteiger partial charge in [-0.05, 0) is 38.2 Å². The van der Waals surface area contributed by atoms with Gasteiger partial charge in [0.1, 0.15) is 11.6 Å². The fourth-order valence-electron chi connectivity index (χ4n) is 3.89. The first-order chi connectivity index (χ1) is 12.1. The molecular formula is C19H27N5O. The smallest absolute Gasteiger partial charge is 0.222 e. The van der Waals surface area contributed by atoms with E-state index in [1.54, 1.807) is 0 Å². The number of amides is 1. The molecule has 1 aromatic heterocycles. The van der Waals surface area contributed by atoms with Crippen LogP contribution in [0.15, 0.2) is 0 Å². The zero-order valence-corrected chi connectivity index (χ0v) is 15.3. The second-order valence-electron chi connectivity index (χ2n) is 7.30. The molecule has 0 unspecified atom stereocenters. The van der Waals surface area contributed by atoms with Gasteiger partial charge in [0.15, 0.2) is 5.82 Å². The second kappa shape index (κ2) is 7.81. The molecule has 1 aliphatic carbocycles. The Morgan fingerprint density at radius 1 is 1.12 bits per heavy atom. The zero-order valence-electron chi connectivity index (χ0n) is 15.3. The molecule has 3 rings (SSSR count). The third-order valence-electron chi connectivity index (χ3n) is 5.67. The first kappa shape index (κ1) is 17.7. The third kappa shape index (κ3) is 3.92. The van der Waals surface area contributed by atoms with Gasteiger partial charge in [0.25, 0.3) is 0 Å². The molecular weight excluding hydrogens is 314 g/mol. The second-order valence-corrected chi connectivity index (χ2v) is 7.30. The molecule has 2 heterocycles. The Morgan fingerprint density at radius 3 is 2.44 bits per heavy atom. The lowest BCUT2D eigenvalue weighted by Gasteiger charge is -2.36. The molecule has 2 fully saturated rings. The van der Waals surface area contributed by atoms with Gasteiger partial charge in [0.05, 0.1) is 5.69 Å². The Morgan fingerprint density at radius 2 is 1.80 bits per heavy atom. The van der Waals surface area contributed by atoms with Crippen LogP contribution in [-0.2, 0) is 4.79 Å². The summed E-state index contributed by atoms with van der Waals surface area (Å²) in [7, 11) is 0. The summed E-state index contributed by atoms with van der Waals surface area (Å²) in [5.74, 6) is 1.53. The highest BCUT2D eigenvalue weighted by Crippen LogP contribution is 2.27. The Kier molecular flexibility index (Phi) is 5.52. The van der Waals surface area contributed by atoms with E-state index in [2.05, 4.69) is 21.2 Å². The molecule has 0 bridgehead atoms. The Bertz CT molecular complexity index is 667. The van der Waals surface area contributed by atoms with Crippen molar-refractivity contribution in [1.82, 2.24) is 15.1 Å². The predicted molar refractivity (Wildman–Crippen MR) is 96.2 cm³/mol. The van der Waals surface area contributed by atoms with Crippen molar-refractivity contribution in [3.05, 3.63) is 16.8 Å². The molecule has 1 aromatic rings. The largest absolute Gasteiger partial charge is 0.350 e. The first-order valence-corrected chi connectivity index (χ1v) is 9.37. The SMILES string of the molecule is Cc1nnc(N2CCN(C(=O)CC3CCCCC3)CC2)c(C#N)c1C. The topological polar surface area (TPSA) is 73.1 Å². The van der Waals surface area contributed by atoms with Gasteiger partial charge in [0, 0.05) is 32.6 Å². The van der Waals surface area contributed by atoms with Crippen LogP contribution in [0.1, 0.15) is 55.3 Å². The summed E-state index contributed by atoms with van der Waals surface area (Å²) < 4.78 is 0. The maximum atomic E-state index is 12.6. The van der Waals surface area contributed by atoms with E-state index >= 15 is 0 Å². The van der Waals surface area contributed by atoms with E-state index < -0.39 is 0 Å². The summed E-state index contributed by atoms with van der Waals surface area (Å²) in [4.78, 5) is 16.6. The summed E-state index contributed by atoms with van der Waals surface area (Å²) in [6.07, 6.45) is 6.97. The van der Waals surface area contributed by atoms with Gasteiger partial charge in [-0.1, -0.05) is 19.3 Å². The minimum atomic E-state index is 0.290. The highest BCUT2D eigenvalue weighted by atomic mass is 16.2. The van der Waals surface area contributed by atoms with Crippen LogP contribution in [0.2, 0.25) is 0 Å². The number of aryl methyl sites for hydroxylation is 1. The molecule has 1 saturated carbocycles. The standard InChI is InChI=1S/C19H27N5O/c1-14-15(2)21-22-19(17(14)13-20)24-10-8-23(9-11-24)18(25)12-16-6-4-3-5-7-16/h16H,3-12H2,1-2H3. The van der Waals surface area contributed by atoms with Crippen LogP contribution >= 0.6 is 0 Å². The molecule has 25 heavy (non-hydrogen) atoms. The van der Waals surface area contributed by atoms with E-state index in [-0.39, 0.29) is 0 Å². The highest BCUT2D eigenvalue weighted by Gasteiger charge is 2.26. The lowest BCUT2D eigenvalue weighted by molar-refractivity contribution is -0.132. The van der Waals surface area contributed by atoms with Gasteiger partial charge in [-0.15, -0.1) is 5.10 Å². The number of nitrogens with zero attached hydrogens (tertiary/aromatic N) is 5. The molecule has 0 atom stereocenters. The lowest BCUT2D eigenvalue weighted by atomic mass is 9.86. The quantitative estimate of drug-likeness (QED) is 0.845. The average molecular weight is 341 g/mol. The number of nitriles is 1. The summed E-state index contributed by atoms with van der Waals surface area (Å²) in [5, 5.41) is 17.9. The van der Waals surface area contributed by atoms with Crippen LogP contribution < -0.4 is 4.90 Å². The summed E-state index contributed by atoms with van der Waals surface area (Å²) >= 11 is 0. The Balaban J connectivity index is 1.59. The van der Waals surface area contributed by atoms with E-state index in [4.69, 9.17) is 0 Å². The zero-order chi connectivity index (χ0) is 17.8. The van der Waals surface area contributed by atoms with Crippen molar-refractivity contribution >= 4 is 11.7 Å². The number of anilines is 1. The number of carbonyl (C=O) groups excluding carboxylic acids is 1. The molecule has 134 valence electrons. The Labute approximate surface area is 149 Å². The number of aromatic nitrogens is 2. The van der Waals surface area contributed by atoms with Crippen molar-refractivity contribution in [3.8, 4) is 6.07 Å². The number of hydrogen-bond donors (Lipinski definition) is 0. The number of hydrogen-bond acceptors (Lipinski definition) is 5. The van der Waals surface area contributed by atoms with Gasteiger partial charge in [0.2, 0.25) is 5.91 Å². The Hall–Kier alpha value is -2.16. The van der Waals surface area contributed by atoms with Crippen LogP contribution in [0.3, 0.4) is 0 Å². The molecule has 2 aliphatic rings. The van der Waals surface area contributed by atoms with Gasteiger partial charge < -0.3 is 9.80 Å². The van der Waals surface area contributed by atoms with Crippen LogP contribution in [0, 0.1) is 31.1 Å². The van der Waals surface area contributed by atoms with E-state index in [1.165, 1.54) is 32.1 Å². The molecule has 0 N–H and O–H groups in total. The first-order valence-electron chi connectivity index (χ1n) is 9.37. The fraction of sp³-hybridized carbons (Fsp3) is 0.684. The van der Waals surface area contributed by atoms with Gasteiger partial charge in [-0.2, -0.15) is 10.4 Å². The minimum Gasteiger partial charge on any atom is -0.350 e. The van der Waals surface area contributed by atoms with E-state index in [0.29, 0.717) is 55.8 Å². The van der Waals surface area contributed by atoms with Crippen molar-refractivity contribution in [3.63, 3.8) is 0 Å². The molecule has 0 spiro atoms. The predicted octanol–water partition coefficient (Wildman–Crippen LogP) is 2.58. The van der Waals surface area contributed by atoms with Crippen molar-refractivity contribution in [2.24, 2.45) is 5.92 Å². The maximum absolute atomic E-state index is 12.6. The van der Waals surface area contributed by atoms with E-state index in [1.807, 2.05) is 18.7 Å². The van der Waals surface area contributed by atoms with Crippen LogP contribution in [0.4, 0.5) is 5.82 Å². The van der Waals surface area contributed by atoms with Crippen LogP contribution in [0.5, 0.6) is 0 Å². The maximum Gasteiger partial charge on any atom is 0.222 e. The van der Waals surface area contributed by atoms with Gasteiger partial charge in [-0.3, -0.25) is 4.79 Å². The van der Waals surface area contributed by atoms with Crippen molar-refractivity contribution < 1.29 is 4.79 Å². The van der Waals surface area contributed by atoms with Gasteiger partial charge >= 0.3 is 0 Å². The summed E-state index contributed by atoms with van der Waals surface area (Å²) in [6, 6.07) is 2.27. The van der Waals surface area contributed by atoms with Crippen LogP contribution in [-0.4, -0.2) is 47.2 Å². The van der Waals surface area contributed by atoms with Gasteiger partial charge in [-0.25, -0.2) is 0 Å². The molecule has 0 radical (unpaired) electrons. The van der Waals surface area contributed by atoms with Crippen molar-refractivity contribution in [1.29, 1.82) is 5.26 Å². The number of piperazine rings is 1. The molecule has 1 amide bonds. The normalized spacial score (nSPS) is 18.9. The third-order valence-corrected chi connectivity index (χ3v) is 5.67. The van der Waals surface area contributed by atoms with Crippen LogP contribution in [0.25, 0.3) is 0 Å². The molecule has 6 nitrogen and oxygen atoms in total. The molecule has 6 heteroatoms. The van der Waals surface area contributed by atoms with E-state index in [9.17, 15) is 10.1 Å². The minimum absolute atomic E-state index is 0.290. The number of carbonyl (C=O) groups is 1. The monoisotopic (exact) mass is 341 g/mol. The number of rotatable bonds is 3. The molecule has 0 aromatic carbocycles. The fourth-order valence-corrected chi connectivity index (χ4v) is 3.89. The lowest BCUT2D eigenvalue weighted by Crippen LogP contribution is -2.49. The summed E-state index contributed by atoms with van der Waals surface area (Å²) in [6.45, 7) is 6.60.